The fraction of sp³-hybridized carbons (Fsp3) is 0.0870. The van der Waals surface area contributed by atoms with Crippen LogP contribution in [-0.4, -0.2) is 28.5 Å². The van der Waals surface area contributed by atoms with Gasteiger partial charge in [0, 0.05) is 21.8 Å². The van der Waals surface area contributed by atoms with E-state index >= 15 is 0 Å². The molecule has 1 aliphatic rings. The number of nitrogens with zero attached hydrogens (tertiary/aromatic N) is 1. The van der Waals surface area contributed by atoms with E-state index in [4.69, 9.17) is 4.42 Å². The Hall–Kier alpha value is -3.10. The Kier molecular flexibility index (Phi) is 6.11. The van der Waals surface area contributed by atoms with Gasteiger partial charge in [0.2, 0.25) is 5.91 Å². The van der Waals surface area contributed by atoms with Gasteiger partial charge in [-0.15, -0.1) is 0 Å². The molecule has 4 rings (SSSR count). The van der Waals surface area contributed by atoms with E-state index in [0.717, 1.165) is 32.3 Å². The zero-order valence-corrected chi connectivity index (χ0v) is 18.8. The lowest BCUT2D eigenvalue weighted by atomic mass is 10.2. The summed E-state index contributed by atoms with van der Waals surface area (Å²) in [6, 6.07) is 18.4. The summed E-state index contributed by atoms with van der Waals surface area (Å²) < 4.78 is 6.75. The average molecular weight is 497 g/mol. The van der Waals surface area contributed by atoms with Crippen molar-refractivity contribution in [2.45, 2.75) is 6.92 Å². The van der Waals surface area contributed by atoms with Crippen molar-refractivity contribution in [1.29, 1.82) is 0 Å². The zero-order valence-electron chi connectivity index (χ0n) is 16.4. The third-order valence-electron chi connectivity index (χ3n) is 4.54. The second-order valence-corrected chi connectivity index (χ2v) is 8.80. The summed E-state index contributed by atoms with van der Waals surface area (Å²) in [6.07, 6.45) is 1.52. The number of halogens is 1. The van der Waals surface area contributed by atoms with Crippen LogP contribution in [0.3, 0.4) is 0 Å². The highest BCUT2D eigenvalue weighted by molar-refractivity contribution is 9.10. The van der Waals surface area contributed by atoms with Gasteiger partial charge in [0.25, 0.3) is 11.1 Å². The number of thioether (sulfide) groups is 1. The van der Waals surface area contributed by atoms with Crippen LogP contribution < -0.4 is 5.32 Å². The van der Waals surface area contributed by atoms with Gasteiger partial charge in [-0.25, -0.2) is 0 Å². The second kappa shape index (κ2) is 8.95. The molecule has 1 aliphatic heterocycles. The molecule has 31 heavy (non-hydrogen) atoms. The Labute approximate surface area is 191 Å². The third kappa shape index (κ3) is 4.98. The molecule has 1 fully saturated rings. The van der Waals surface area contributed by atoms with Crippen molar-refractivity contribution in [3.05, 3.63) is 81.4 Å². The molecular formula is C23H17BrN2O4S. The topological polar surface area (TPSA) is 79.6 Å². The van der Waals surface area contributed by atoms with Gasteiger partial charge in [-0.05, 0) is 55.1 Å². The Balaban J connectivity index is 1.44. The summed E-state index contributed by atoms with van der Waals surface area (Å²) >= 11 is 4.18. The van der Waals surface area contributed by atoms with E-state index < -0.39 is 17.1 Å². The predicted molar refractivity (Wildman–Crippen MR) is 124 cm³/mol. The molecule has 0 saturated carbocycles. The van der Waals surface area contributed by atoms with Gasteiger partial charge in [-0.2, -0.15) is 0 Å². The second-order valence-electron chi connectivity index (χ2n) is 6.89. The number of hydrogen-bond donors (Lipinski definition) is 1. The van der Waals surface area contributed by atoms with Crippen LogP contribution in [0, 0.1) is 6.92 Å². The summed E-state index contributed by atoms with van der Waals surface area (Å²) in [5.41, 5.74) is 2.56. The van der Waals surface area contributed by atoms with Gasteiger partial charge in [0.1, 0.15) is 18.1 Å². The average Bonchev–Trinajstić information content (AvgIpc) is 3.31. The maximum Gasteiger partial charge on any atom is 0.294 e. The van der Waals surface area contributed by atoms with Crippen molar-refractivity contribution >= 4 is 56.5 Å². The van der Waals surface area contributed by atoms with E-state index in [1.54, 1.807) is 24.3 Å². The highest BCUT2D eigenvalue weighted by Gasteiger charge is 2.36. The van der Waals surface area contributed by atoms with Gasteiger partial charge >= 0.3 is 0 Å². The third-order valence-corrected chi connectivity index (χ3v) is 5.98. The first kappa shape index (κ1) is 21.1. The highest BCUT2D eigenvalue weighted by atomic mass is 79.9. The minimum atomic E-state index is -0.518. The maximum absolute atomic E-state index is 12.7. The summed E-state index contributed by atoms with van der Waals surface area (Å²) in [7, 11) is 0. The number of carbonyl (C=O) groups is 3. The molecule has 0 unspecified atom stereocenters. The van der Waals surface area contributed by atoms with Crippen LogP contribution in [0.5, 0.6) is 0 Å². The van der Waals surface area contributed by atoms with Crippen molar-refractivity contribution in [2.75, 3.05) is 11.9 Å². The molecule has 6 nitrogen and oxygen atoms in total. The summed E-state index contributed by atoms with van der Waals surface area (Å²) in [4.78, 5) is 38.4. The maximum atomic E-state index is 12.7. The van der Waals surface area contributed by atoms with Crippen molar-refractivity contribution in [1.82, 2.24) is 4.90 Å². The fourth-order valence-electron chi connectivity index (χ4n) is 2.95. The van der Waals surface area contributed by atoms with Crippen LogP contribution in [0.25, 0.3) is 17.4 Å². The van der Waals surface area contributed by atoms with E-state index in [1.807, 2.05) is 43.3 Å². The quantitative estimate of drug-likeness (QED) is 0.458. The number of carbonyl (C=O) groups excluding carboxylic acids is 3. The lowest BCUT2D eigenvalue weighted by Gasteiger charge is -2.12. The van der Waals surface area contributed by atoms with Crippen LogP contribution in [0.1, 0.15) is 11.3 Å². The Morgan fingerprint density at radius 3 is 2.48 bits per heavy atom. The molecule has 156 valence electrons. The Morgan fingerprint density at radius 2 is 1.77 bits per heavy atom. The first-order valence-corrected chi connectivity index (χ1v) is 11.0. The molecule has 1 aromatic heterocycles. The van der Waals surface area contributed by atoms with Crippen molar-refractivity contribution in [2.24, 2.45) is 0 Å². The van der Waals surface area contributed by atoms with Gasteiger partial charge in [0.05, 0.1) is 4.91 Å². The summed E-state index contributed by atoms with van der Waals surface area (Å²) in [5.74, 6) is 0.140. The van der Waals surface area contributed by atoms with Crippen molar-refractivity contribution in [3.63, 3.8) is 0 Å². The molecule has 0 atom stereocenters. The fourth-order valence-corrected chi connectivity index (χ4v) is 4.03. The number of hydrogen-bond acceptors (Lipinski definition) is 5. The summed E-state index contributed by atoms with van der Waals surface area (Å²) in [6.45, 7) is 1.59. The predicted octanol–water partition coefficient (Wildman–Crippen LogP) is 5.69. The first-order chi connectivity index (χ1) is 14.9. The monoisotopic (exact) mass is 496 g/mol. The molecule has 0 radical (unpaired) electrons. The van der Waals surface area contributed by atoms with E-state index in [1.165, 1.54) is 6.08 Å². The van der Waals surface area contributed by atoms with E-state index in [-0.39, 0.29) is 11.4 Å². The van der Waals surface area contributed by atoms with Gasteiger partial charge in [-0.3, -0.25) is 19.3 Å². The number of furan rings is 1. The van der Waals surface area contributed by atoms with Crippen LogP contribution in [0.15, 0.2) is 74.5 Å². The number of benzene rings is 2. The Morgan fingerprint density at radius 1 is 1.06 bits per heavy atom. The molecule has 2 heterocycles. The first-order valence-electron chi connectivity index (χ1n) is 9.37. The molecule has 8 heteroatoms. The smallest absolute Gasteiger partial charge is 0.294 e. The minimum Gasteiger partial charge on any atom is -0.457 e. The standard InChI is InChI=1S/C23H17BrN2O4S/c1-14-2-8-17(9-3-14)25-21(27)13-26-22(28)20(31-23(26)29)12-18-10-11-19(30-18)15-4-6-16(24)7-5-15/h2-12H,13H2,1H3,(H,25,27). The lowest BCUT2D eigenvalue weighted by Crippen LogP contribution is -2.36. The molecule has 0 aliphatic carbocycles. The number of nitrogens with one attached hydrogen (secondary N) is 1. The number of amides is 3. The number of anilines is 1. The Bertz CT molecular complexity index is 1180. The molecule has 3 amide bonds. The van der Waals surface area contributed by atoms with Crippen molar-refractivity contribution < 1.29 is 18.8 Å². The van der Waals surface area contributed by atoms with Gasteiger partial charge in [-0.1, -0.05) is 45.8 Å². The van der Waals surface area contributed by atoms with E-state index in [2.05, 4.69) is 21.2 Å². The molecular weight excluding hydrogens is 480 g/mol. The van der Waals surface area contributed by atoms with Crippen LogP contribution in [0.4, 0.5) is 10.5 Å². The number of aryl methyl sites for hydroxylation is 1. The normalized spacial score (nSPS) is 15.0. The molecule has 2 aromatic carbocycles. The number of rotatable bonds is 5. The zero-order chi connectivity index (χ0) is 22.0. The largest absolute Gasteiger partial charge is 0.457 e. The molecule has 0 bridgehead atoms. The molecule has 3 aromatic rings. The van der Waals surface area contributed by atoms with E-state index in [9.17, 15) is 14.4 Å². The highest BCUT2D eigenvalue weighted by Crippen LogP contribution is 2.33. The van der Waals surface area contributed by atoms with E-state index in [0.29, 0.717) is 17.2 Å². The molecule has 1 N–H and O–H groups in total. The lowest BCUT2D eigenvalue weighted by molar-refractivity contribution is -0.127. The minimum absolute atomic E-state index is 0.213. The summed E-state index contributed by atoms with van der Waals surface area (Å²) in [5, 5.41) is 2.20. The van der Waals surface area contributed by atoms with Gasteiger partial charge in [0.15, 0.2) is 0 Å². The SMILES string of the molecule is Cc1ccc(NC(=O)CN2C(=O)SC(=Cc3ccc(-c4ccc(Br)cc4)o3)C2=O)cc1. The van der Waals surface area contributed by atoms with Crippen LogP contribution >= 0.6 is 27.7 Å². The van der Waals surface area contributed by atoms with Crippen molar-refractivity contribution in [3.8, 4) is 11.3 Å². The van der Waals surface area contributed by atoms with Crippen LogP contribution in [-0.2, 0) is 9.59 Å². The number of imide groups is 1. The van der Waals surface area contributed by atoms with Gasteiger partial charge < -0.3 is 9.73 Å². The van der Waals surface area contributed by atoms with Crippen LogP contribution in [0.2, 0.25) is 0 Å². The molecule has 1 saturated heterocycles. The molecule has 0 spiro atoms.